The minimum absolute atomic E-state index is 0.522. The predicted octanol–water partition coefficient (Wildman–Crippen LogP) is 3.63. The van der Waals surface area contributed by atoms with E-state index < -0.39 is 0 Å². The van der Waals surface area contributed by atoms with Gasteiger partial charge in [-0.15, -0.1) is 11.8 Å². The maximum Gasteiger partial charge on any atom is 0.00976 e. The van der Waals surface area contributed by atoms with Crippen LogP contribution in [0.4, 0.5) is 0 Å². The highest BCUT2D eigenvalue weighted by Crippen LogP contribution is 2.25. The molecule has 0 fully saturated rings. The highest BCUT2D eigenvalue weighted by molar-refractivity contribution is 8.02. The van der Waals surface area contributed by atoms with Gasteiger partial charge in [0.2, 0.25) is 0 Å². The summed E-state index contributed by atoms with van der Waals surface area (Å²) in [6.45, 7) is 12.0. The molecule has 0 N–H and O–H groups in total. The Morgan fingerprint density at radius 3 is 2.27 bits per heavy atom. The van der Waals surface area contributed by atoms with Crippen LogP contribution in [-0.2, 0) is 0 Å². The third-order valence-corrected chi connectivity index (χ3v) is 2.34. The Kier molecular flexibility index (Phi) is 5.05. The van der Waals surface area contributed by atoms with Crippen LogP contribution >= 0.6 is 11.8 Å². The molecule has 0 unspecified atom stereocenters. The second-order valence-corrected chi connectivity index (χ2v) is 3.50. The zero-order chi connectivity index (χ0) is 8.85. The Labute approximate surface area is 74.1 Å². The first-order valence-electron chi connectivity index (χ1n) is 3.69. The number of allylic oxidation sites excluding steroid dienone is 3. The van der Waals surface area contributed by atoms with Gasteiger partial charge in [0.1, 0.15) is 0 Å². The van der Waals surface area contributed by atoms with E-state index in [1.807, 2.05) is 6.08 Å². The number of thioether (sulfide) groups is 1. The van der Waals surface area contributed by atoms with Gasteiger partial charge in [0.25, 0.3) is 0 Å². The second-order valence-electron chi connectivity index (χ2n) is 2.65. The van der Waals surface area contributed by atoms with Gasteiger partial charge in [-0.2, -0.15) is 0 Å². The number of hydrogen-bond donors (Lipinski definition) is 0. The third kappa shape index (κ3) is 3.47. The summed E-state index contributed by atoms with van der Waals surface area (Å²) in [4.78, 5) is 1.23. The quantitative estimate of drug-likeness (QED) is 0.578. The topological polar surface area (TPSA) is 0 Å². The van der Waals surface area contributed by atoms with Gasteiger partial charge in [-0.3, -0.25) is 0 Å². The molecule has 0 aliphatic carbocycles. The maximum atomic E-state index is 4.01. The maximum absolute atomic E-state index is 4.01. The van der Waals surface area contributed by atoms with E-state index in [0.29, 0.717) is 5.92 Å². The van der Waals surface area contributed by atoms with E-state index in [2.05, 4.69) is 33.3 Å². The summed E-state index contributed by atoms with van der Waals surface area (Å²) >= 11 is 1.72. The summed E-state index contributed by atoms with van der Waals surface area (Å²) in [5.74, 6) is 0.522. The molecule has 0 spiro atoms. The highest BCUT2D eigenvalue weighted by atomic mass is 32.2. The Morgan fingerprint density at radius 2 is 2.00 bits per heavy atom. The average molecular weight is 168 g/mol. The second kappa shape index (κ2) is 5.25. The van der Waals surface area contributed by atoms with Crippen molar-refractivity contribution in [3.8, 4) is 0 Å². The van der Waals surface area contributed by atoms with Crippen molar-refractivity contribution in [3.05, 3.63) is 35.8 Å². The molecule has 0 nitrogen and oxygen atoms in total. The molecule has 0 aromatic rings. The molecule has 0 atom stereocenters. The molecule has 0 rings (SSSR count). The SMILES string of the molecule is C=C/C=C(/SC)C(=C)C(C)C. The molecule has 0 amide bonds. The molecule has 0 radical (unpaired) electrons. The van der Waals surface area contributed by atoms with Crippen LogP contribution in [0.1, 0.15) is 13.8 Å². The Hall–Kier alpha value is -0.430. The van der Waals surface area contributed by atoms with Crippen LogP contribution in [0.5, 0.6) is 0 Å². The molecule has 0 aliphatic heterocycles. The minimum Gasteiger partial charge on any atom is -0.129 e. The molecular weight excluding hydrogens is 152 g/mol. The van der Waals surface area contributed by atoms with Crippen LogP contribution in [0.3, 0.4) is 0 Å². The van der Waals surface area contributed by atoms with E-state index >= 15 is 0 Å². The van der Waals surface area contributed by atoms with Crippen LogP contribution in [0.2, 0.25) is 0 Å². The first-order valence-corrected chi connectivity index (χ1v) is 4.91. The van der Waals surface area contributed by atoms with Gasteiger partial charge in [-0.1, -0.05) is 33.1 Å². The van der Waals surface area contributed by atoms with E-state index in [9.17, 15) is 0 Å². The fourth-order valence-electron chi connectivity index (χ4n) is 0.698. The number of rotatable bonds is 4. The number of hydrogen-bond acceptors (Lipinski definition) is 1. The average Bonchev–Trinajstić information content (AvgIpc) is 1.98. The van der Waals surface area contributed by atoms with Gasteiger partial charge in [-0.25, -0.2) is 0 Å². The van der Waals surface area contributed by atoms with Gasteiger partial charge in [-0.05, 0) is 23.8 Å². The molecule has 0 heterocycles. The summed E-state index contributed by atoms with van der Waals surface area (Å²) in [5, 5.41) is 0. The summed E-state index contributed by atoms with van der Waals surface area (Å²) in [7, 11) is 0. The van der Waals surface area contributed by atoms with Crippen LogP contribution in [0.25, 0.3) is 0 Å². The fraction of sp³-hybridized carbons (Fsp3) is 0.400. The monoisotopic (exact) mass is 168 g/mol. The largest absolute Gasteiger partial charge is 0.129 e. The molecule has 0 saturated heterocycles. The molecule has 0 saturated carbocycles. The lowest BCUT2D eigenvalue weighted by atomic mass is 10.1. The summed E-state index contributed by atoms with van der Waals surface area (Å²) < 4.78 is 0. The molecule has 0 bridgehead atoms. The van der Waals surface area contributed by atoms with Crippen molar-refractivity contribution in [1.29, 1.82) is 0 Å². The van der Waals surface area contributed by atoms with Crippen molar-refractivity contribution in [2.75, 3.05) is 6.26 Å². The molecular formula is C10H16S. The fourth-order valence-corrected chi connectivity index (χ4v) is 1.43. The third-order valence-electron chi connectivity index (χ3n) is 1.50. The zero-order valence-corrected chi connectivity index (χ0v) is 8.37. The predicted molar refractivity (Wildman–Crippen MR) is 55.8 cm³/mol. The van der Waals surface area contributed by atoms with E-state index in [4.69, 9.17) is 0 Å². The van der Waals surface area contributed by atoms with E-state index in [-0.39, 0.29) is 0 Å². The zero-order valence-electron chi connectivity index (χ0n) is 7.55. The van der Waals surface area contributed by atoms with E-state index in [1.54, 1.807) is 17.8 Å². The molecule has 11 heavy (non-hydrogen) atoms. The van der Waals surface area contributed by atoms with Crippen molar-refractivity contribution in [2.24, 2.45) is 5.92 Å². The van der Waals surface area contributed by atoms with Crippen molar-refractivity contribution < 1.29 is 0 Å². The molecule has 0 aromatic carbocycles. The van der Waals surface area contributed by atoms with Crippen LogP contribution < -0.4 is 0 Å². The molecule has 0 aromatic heterocycles. The summed E-state index contributed by atoms with van der Waals surface area (Å²) in [6, 6.07) is 0. The van der Waals surface area contributed by atoms with Crippen LogP contribution in [0, 0.1) is 5.92 Å². The normalized spacial score (nSPS) is 11.8. The van der Waals surface area contributed by atoms with Crippen LogP contribution in [-0.4, -0.2) is 6.26 Å². The van der Waals surface area contributed by atoms with Gasteiger partial charge < -0.3 is 0 Å². The van der Waals surface area contributed by atoms with Crippen LogP contribution in [0.15, 0.2) is 35.8 Å². The van der Waals surface area contributed by atoms with Crippen molar-refractivity contribution >= 4 is 11.8 Å². The first-order chi connectivity index (χ1) is 5.13. The highest BCUT2D eigenvalue weighted by Gasteiger charge is 2.03. The Morgan fingerprint density at radius 1 is 1.45 bits per heavy atom. The van der Waals surface area contributed by atoms with E-state index in [1.165, 1.54) is 10.5 Å². The smallest absolute Gasteiger partial charge is 0.00976 e. The standard InChI is InChI=1S/C10H16S/c1-6-7-10(11-5)9(4)8(2)3/h6-8H,1,4H2,2-3,5H3/b10-7+. The van der Waals surface area contributed by atoms with Crippen molar-refractivity contribution in [2.45, 2.75) is 13.8 Å². The Balaban J connectivity index is 4.38. The lowest BCUT2D eigenvalue weighted by Gasteiger charge is -2.10. The summed E-state index contributed by atoms with van der Waals surface area (Å²) in [5.41, 5.74) is 1.19. The van der Waals surface area contributed by atoms with Gasteiger partial charge in [0, 0.05) is 4.91 Å². The van der Waals surface area contributed by atoms with Gasteiger partial charge in [0.05, 0.1) is 0 Å². The Bertz CT molecular complexity index is 175. The first kappa shape index (κ1) is 10.6. The van der Waals surface area contributed by atoms with Gasteiger partial charge >= 0.3 is 0 Å². The lowest BCUT2D eigenvalue weighted by molar-refractivity contribution is 0.792. The lowest BCUT2D eigenvalue weighted by Crippen LogP contribution is -1.92. The van der Waals surface area contributed by atoms with Crippen molar-refractivity contribution in [1.82, 2.24) is 0 Å². The molecule has 62 valence electrons. The minimum atomic E-state index is 0.522. The summed E-state index contributed by atoms with van der Waals surface area (Å²) in [6.07, 6.45) is 5.87. The van der Waals surface area contributed by atoms with Crippen molar-refractivity contribution in [3.63, 3.8) is 0 Å². The van der Waals surface area contributed by atoms with Gasteiger partial charge in [0.15, 0.2) is 0 Å². The van der Waals surface area contributed by atoms with E-state index in [0.717, 1.165) is 0 Å². The molecule has 0 aliphatic rings. The molecule has 1 heteroatoms.